The molecule has 0 radical (unpaired) electrons. The van der Waals surface area contributed by atoms with Crippen molar-refractivity contribution in [3.8, 4) is 5.69 Å². The van der Waals surface area contributed by atoms with Crippen molar-refractivity contribution in [3.05, 3.63) is 71.0 Å². The Balaban J connectivity index is 1.91. The summed E-state index contributed by atoms with van der Waals surface area (Å²) in [7, 11) is -4.25. The number of sulfonamides is 1. The number of anilines is 1. The second kappa shape index (κ2) is 8.13. The Morgan fingerprint density at radius 3 is 2.57 bits per heavy atom. The van der Waals surface area contributed by atoms with E-state index in [1.807, 2.05) is 0 Å². The van der Waals surface area contributed by atoms with Gasteiger partial charge in [-0.15, -0.1) is 0 Å². The molecule has 0 unspecified atom stereocenters. The van der Waals surface area contributed by atoms with Crippen LogP contribution in [0.5, 0.6) is 0 Å². The summed E-state index contributed by atoms with van der Waals surface area (Å²) in [5.41, 5.74) is 0.342. The smallest absolute Gasteiger partial charge is 0.273 e. The lowest BCUT2D eigenvalue weighted by atomic mass is 10.1. The molecular weight excluding hydrogens is 438 g/mol. The second-order valence-corrected chi connectivity index (χ2v) is 8.54. The zero-order chi connectivity index (χ0) is 22.1. The molecule has 0 aliphatic carbocycles. The van der Waals surface area contributed by atoms with E-state index in [0.717, 1.165) is 23.1 Å². The fourth-order valence-corrected chi connectivity index (χ4v) is 3.66. The van der Waals surface area contributed by atoms with Gasteiger partial charge < -0.3 is 5.32 Å². The molecule has 7 nitrogen and oxygen atoms in total. The van der Waals surface area contributed by atoms with E-state index in [4.69, 9.17) is 16.7 Å². The molecule has 1 amide bonds. The lowest BCUT2D eigenvalue weighted by molar-refractivity contribution is -0.115. The Hall–Kier alpha value is -2.82. The van der Waals surface area contributed by atoms with Crippen molar-refractivity contribution in [3.63, 3.8) is 0 Å². The molecule has 3 rings (SSSR count). The molecular formula is C19H17ClF2N4O3S. The molecule has 0 aliphatic heterocycles. The third kappa shape index (κ3) is 5.02. The number of aromatic nitrogens is 2. The first kappa shape index (κ1) is 21.9. The lowest BCUT2D eigenvalue weighted by Gasteiger charge is -2.12. The summed E-state index contributed by atoms with van der Waals surface area (Å²) in [6, 6.07) is 10.7. The van der Waals surface area contributed by atoms with E-state index in [9.17, 15) is 22.0 Å². The Morgan fingerprint density at radius 2 is 1.97 bits per heavy atom. The van der Waals surface area contributed by atoms with Crippen molar-refractivity contribution < 1.29 is 22.0 Å². The number of rotatable bonds is 6. The van der Waals surface area contributed by atoms with Crippen LogP contribution in [0, 0.1) is 0 Å². The number of halogens is 3. The quantitative estimate of drug-likeness (QED) is 0.594. The van der Waals surface area contributed by atoms with Gasteiger partial charge in [-0.3, -0.25) is 4.79 Å². The highest BCUT2D eigenvalue weighted by Crippen LogP contribution is 2.29. The fraction of sp³-hybridized carbons (Fsp3) is 0.158. The Labute approximate surface area is 176 Å². The van der Waals surface area contributed by atoms with E-state index in [2.05, 4.69) is 10.4 Å². The van der Waals surface area contributed by atoms with Crippen LogP contribution in [0.25, 0.3) is 5.69 Å². The zero-order valence-corrected chi connectivity index (χ0v) is 17.2. The minimum atomic E-state index is -4.25. The first-order valence-electron chi connectivity index (χ1n) is 8.58. The minimum Gasteiger partial charge on any atom is -0.326 e. The number of nitrogens with zero attached hydrogens (tertiary/aromatic N) is 2. The van der Waals surface area contributed by atoms with Crippen molar-refractivity contribution in [2.75, 3.05) is 5.32 Å². The normalized spacial score (nSPS) is 12.0. The number of hydrogen-bond acceptors (Lipinski definition) is 4. The van der Waals surface area contributed by atoms with Crippen molar-refractivity contribution in [2.24, 2.45) is 5.14 Å². The molecule has 3 N–H and O–H groups in total. The molecule has 1 aromatic heterocycles. The number of nitrogens with one attached hydrogen (secondary N) is 1. The van der Waals surface area contributed by atoms with Crippen molar-refractivity contribution in [2.45, 2.75) is 24.2 Å². The topological polar surface area (TPSA) is 107 Å². The first-order chi connectivity index (χ1) is 13.9. The molecule has 11 heteroatoms. The summed E-state index contributed by atoms with van der Waals surface area (Å²) in [6.07, 6.45) is 1.92. The van der Waals surface area contributed by atoms with E-state index in [1.54, 1.807) is 24.3 Å². The highest BCUT2D eigenvalue weighted by molar-refractivity contribution is 7.89. The van der Waals surface area contributed by atoms with Crippen LogP contribution in [0.15, 0.2) is 59.8 Å². The highest BCUT2D eigenvalue weighted by atomic mass is 35.5. The summed E-state index contributed by atoms with van der Waals surface area (Å²) in [6.45, 7) is 0.701. The molecule has 2 aromatic carbocycles. The number of carbonyl (C=O) groups excluding carboxylic acids is 1. The van der Waals surface area contributed by atoms with Gasteiger partial charge in [-0.05, 0) is 29.8 Å². The van der Waals surface area contributed by atoms with Gasteiger partial charge in [0.05, 0.1) is 23.9 Å². The summed E-state index contributed by atoms with van der Waals surface area (Å²) < 4.78 is 52.1. The Bertz CT molecular complexity index is 1210. The maximum absolute atomic E-state index is 13.5. The number of alkyl halides is 2. The molecule has 3 aromatic rings. The van der Waals surface area contributed by atoms with Crippen LogP contribution in [0.2, 0.25) is 5.02 Å². The number of benzene rings is 2. The van der Waals surface area contributed by atoms with Crippen LogP contribution in [0.3, 0.4) is 0 Å². The molecule has 0 fully saturated rings. The van der Waals surface area contributed by atoms with E-state index >= 15 is 0 Å². The second-order valence-electron chi connectivity index (χ2n) is 6.61. The van der Waals surface area contributed by atoms with Gasteiger partial charge in [0.1, 0.15) is 4.90 Å². The third-order valence-corrected chi connectivity index (χ3v) is 5.50. The molecule has 0 bridgehead atoms. The molecule has 0 aliphatic rings. The van der Waals surface area contributed by atoms with E-state index < -0.39 is 21.9 Å². The van der Waals surface area contributed by atoms with Gasteiger partial charge in [0, 0.05) is 23.8 Å². The number of nitrogens with two attached hydrogens (primary N) is 1. The van der Waals surface area contributed by atoms with Crippen LogP contribution >= 0.6 is 11.6 Å². The Morgan fingerprint density at radius 1 is 1.27 bits per heavy atom. The molecule has 30 heavy (non-hydrogen) atoms. The molecule has 0 atom stereocenters. The van der Waals surface area contributed by atoms with Gasteiger partial charge in [-0.2, -0.15) is 5.10 Å². The monoisotopic (exact) mass is 454 g/mol. The van der Waals surface area contributed by atoms with Gasteiger partial charge in [0.25, 0.3) is 5.92 Å². The number of hydrogen-bond donors (Lipinski definition) is 2. The minimum absolute atomic E-state index is 0.0275. The van der Waals surface area contributed by atoms with E-state index in [1.165, 1.54) is 12.1 Å². The van der Waals surface area contributed by atoms with Gasteiger partial charge in [0.2, 0.25) is 15.9 Å². The average Bonchev–Trinajstić information content (AvgIpc) is 3.13. The summed E-state index contributed by atoms with van der Waals surface area (Å²) >= 11 is 6.04. The lowest BCUT2D eigenvalue weighted by Crippen LogP contribution is -2.18. The van der Waals surface area contributed by atoms with Gasteiger partial charge in [0.15, 0.2) is 0 Å². The van der Waals surface area contributed by atoms with E-state index in [0.29, 0.717) is 17.5 Å². The molecule has 158 valence electrons. The van der Waals surface area contributed by atoms with Crippen molar-refractivity contribution in [1.82, 2.24) is 9.78 Å². The van der Waals surface area contributed by atoms with Crippen LogP contribution in [-0.2, 0) is 27.2 Å². The SMILES string of the molecule is CC(F)(F)c1cnn(-c2ccc(NC(=O)Cc3ccccc3Cl)cc2S(N)(=O)=O)c1. The standard InChI is InChI=1S/C19H17ClF2N4O3S/c1-19(21,22)13-10-24-26(11-13)16-7-6-14(9-17(16)30(23,28)29)25-18(27)8-12-4-2-3-5-15(12)20/h2-7,9-11H,8H2,1H3,(H,25,27)(H2,23,28,29). The summed E-state index contributed by atoms with van der Waals surface area (Å²) in [5.74, 6) is -3.57. The molecule has 1 heterocycles. The zero-order valence-electron chi connectivity index (χ0n) is 15.6. The highest BCUT2D eigenvalue weighted by Gasteiger charge is 2.27. The van der Waals surface area contributed by atoms with Crippen LogP contribution in [0.4, 0.5) is 14.5 Å². The summed E-state index contributed by atoms with van der Waals surface area (Å²) in [4.78, 5) is 11.9. The van der Waals surface area contributed by atoms with Crippen molar-refractivity contribution in [1.29, 1.82) is 0 Å². The van der Waals surface area contributed by atoms with Crippen LogP contribution in [-0.4, -0.2) is 24.1 Å². The van der Waals surface area contributed by atoms with Gasteiger partial charge >= 0.3 is 0 Å². The third-order valence-electron chi connectivity index (χ3n) is 4.20. The predicted octanol–water partition coefficient (Wildman–Crippen LogP) is 3.47. The number of amides is 1. The number of carbonyl (C=O) groups is 1. The number of primary sulfonamides is 1. The maximum atomic E-state index is 13.5. The van der Waals surface area contributed by atoms with Gasteiger partial charge in [-0.25, -0.2) is 27.0 Å². The molecule has 0 saturated carbocycles. The summed E-state index contributed by atoms with van der Waals surface area (Å²) in [5, 5.41) is 12.1. The van der Waals surface area contributed by atoms with Crippen molar-refractivity contribution >= 4 is 33.2 Å². The molecule has 0 spiro atoms. The van der Waals surface area contributed by atoms with Crippen LogP contribution in [0.1, 0.15) is 18.1 Å². The predicted molar refractivity (Wildman–Crippen MR) is 108 cm³/mol. The van der Waals surface area contributed by atoms with E-state index in [-0.39, 0.29) is 28.3 Å². The van der Waals surface area contributed by atoms with Gasteiger partial charge in [-0.1, -0.05) is 29.8 Å². The van der Waals surface area contributed by atoms with Crippen LogP contribution < -0.4 is 10.5 Å². The molecule has 0 saturated heterocycles. The Kier molecular flexibility index (Phi) is 5.93. The largest absolute Gasteiger partial charge is 0.326 e. The average molecular weight is 455 g/mol. The first-order valence-corrected chi connectivity index (χ1v) is 10.5. The fourth-order valence-electron chi connectivity index (χ4n) is 2.71. The maximum Gasteiger partial charge on any atom is 0.273 e.